The van der Waals surface area contributed by atoms with E-state index in [1.807, 2.05) is 20.8 Å². The van der Waals surface area contributed by atoms with Crippen molar-refractivity contribution >= 4 is 6.09 Å². The van der Waals surface area contributed by atoms with Crippen molar-refractivity contribution in [2.24, 2.45) is 5.92 Å². The summed E-state index contributed by atoms with van der Waals surface area (Å²) in [7, 11) is 0. The molecule has 0 aromatic rings. The van der Waals surface area contributed by atoms with Gasteiger partial charge in [-0.25, -0.2) is 4.79 Å². The number of alkyl carbamates (subject to hydrolysis) is 1. The van der Waals surface area contributed by atoms with Gasteiger partial charge in [0.1, 0.15) is 11.7 Å². The zero-order chi connectivity index (χ0) is 16.2. The van der Waals surface area contributed by atoms with Crippen LogP contribution >= 0.6 is 0 Å². The molecule has 0 radical (unpaired) electrons. The lowest BCUT2D eigenvalue weighted by molar-refractivity contribution is 0.0502. The Bertz CT molecular complexity index is 413. The molecule has 5 heteroatoms. The Kier molecular flexibility index (Phi) is 5.37. The average molecular weight is 310 g/mol. The lowest BCUT2D eigenvalue weighted by atomic mass is 9.95. The van der Waals surface area contributed by atoms with E-state index in [0.717, 1.165) is 19.4 Å². The number of hydrogen-bond donors (Lipinski definition) is 2. The van der Waals surface area contributed by atoms with Gasteiger partial charge in [-0.2, -0.15) is 0 Å². The molecule has 2 unspecified atom stereocenters. The molecule has 2 aliphatic rings. The van der Waals surface area contributed by atoms with Gasteiger partial charge in [0.15, 0.2) is 0 Å². The SMILES string of the molecule is CC(C)(C)OC(=O)NCC(C)(NCC1CCC=CO1)C1CC1. The molecular weight excluding hydrogens is 280 g/mol. The van der Waals surface area contributed by atoms with E-state index in [1.54, 1.807) is 6.26 Å². The molecule has 2 N–H and O–H groups in total. The maximum Gasteiger partial charge on any atom is 0.407 e. The summed E-state index contributed by atoms with van der Waals surface area (Å²) in [6, 6.07) is 0. The van der Waals surface area contributed by atoms with Gasteiger partial charge in [0.2, 0.25) is 0 Å². The third-order valence-electron chi connectivity index (χ3n) is 4.23. The van der Waals surface area contributed by atoms with Gasteiger partial charge in [0.25, 0.3) is 0 Å². The summed E-state index contributed by atoms with van der Waals surface area (Å²) >= 11 is 0. The van der Waals surface area contributed by atoms with E-state index in [-0.39, 0.29) is 17.7 Å². The first-order chi connectivity index (χ1) is 10.3. The summed E-state index contributed by atoms with van der Waals surface area (Å²) in [4.78, 5) is 11.9. The van der Waals surface area contributed by atoms with Crippen molar-refractivity contribution in [2.75, 3.05) is 13.1 Å². The maximum atomic E-state index is 11.9. The highest BCUT2D eigenvalue weighted by Gasteiger charge is 2.42. The van der Waals surface area contributed by atoms with E-state index in [4.69, 9.17) is 9.47 Å². The Morgan fingerprint density at radius 1 is 1.27 bits per heavy atom. The van der Waals surface area contributed by atoms with E-state index in [2.05, 4.69) is 23.6 Å². The van der Waals surface area contributed by atoms with Gasteiger partial charge < -0.3 is 20.1 Å². The minimum absolute atomic E-state index is 0.0958. The Hall–Kier alpha value is -1.23. The largest absolute Gasteiger partial charge is 0.497 e. The van der Waals surface area contributed by atoms with Gasteiger partial charge >= 0.3 is 6.09 Å². The molecule has 5 nitrogen and oxygen atoms in total. The first-order valence-electron chi connectivity index (χ1n) is 8.31. The van der Waals surface area contributed by atoms with E-state index in [9.17, 15) is 4.79 Å². The molecule has 1 saturated carbocycles. The smallest absolute Gasteiger partial charge is 0.407 e. The van der Waals surface area contributed by atoms with Gasteiger partial charge in [-0.15, -0.1) is 0 Å². The van der Waals surface area contributed by atoms with Crippen LogP contribution in [0, 0.1) is 5.92 Å². The third kappa shape index (κ3) is 5.52. The van der Waals surface area contributed by atoms with Crippen LogP contribution < -0.4 is 10.6 Å². The molecule has 126 valence electrons. The van der Waals surface area contributed by atoms with Gasteiger partial charge in [-0.1, -0.05) is 0 Å². The number of nitrogens with one attached hydrogen (secondary N) is 2. The number of carbonyl (C=O) groups is 1. The van der Waals surface area contributed by atoms with Crippen molar-refractivity contribution in [3.05, 3.63) is 12.3 Å². The van der Waals surface area contributed by atoms with E-state index in [1.165, 1.54) is 12.8 Å². The Labute approximate surface area is 133 Å². The molecule has 1 amide bonds. The molecule has 0 saturated heterocycles. The lowest BCUT2D eigenvalue weighted by Crippen LogP contribution is -2.55. The maximum absolute atomic E-state index is 11.9. The molecule has 22 heavy (non-hydrogen) atoms. The lowest BCUT2D eigenvalue weighted by Gasteiger charge is -2.34. The minimum atomic E-state index is -0.463. The van der Waals surface area contributed by atoms with Crippen LogP contribution in [0.15, 0.2) is 12.3 Å². The van der Waals surface area contributed by atoms with Crippen LogP contribution in [-0.2, 0) is 9.47 Å². The van der Waals surface area contributed by atoms with Crippen molar-refractivity contribution in [1.29, 1.82) is 0 Å². The molecule has 0 aromatic heterocycles. The van der Waals surface area contributed by atoms with Crippen LogP contribution in [0.2, 0.25) is 0 Å². The van der Waals surface area contributed by atoms with Gasteiger partial charge in [0.05, 0.1) is 6.26 Å². The number of allylic oxidation sites excluding steroid dienone is 1. The Morgan fingerprint density at radius 3 is 2.55 bits per heavy atom. The van der Waals surface area contributed by atoms with E-state index in [0.29, 0.717) is 12.5 Å². The summed E-state index contributed by atoms with van der Waals surface area (Å²) in [6.07, 6.45) is 8.27. The number of hydrogen-bond acceptors (Lipinski definition) is 4. The van der Waals surface area contributed by atoms with Crippen LogP contribution in [0.1, 0.15) is 53.4 Å². The molecule has 0 aromatic carbocycles. The van der Waals surface area contributed by atoms with Crippen molar-refractivity contribution in [1.82, 2.24) is 10.6 Å². The second kappa shape index (κ2) is 6.90. The average Bonchev–Trinajstić information content (AvgIpc) is 3.27. The molecule has 0 spiro atoms. The summed E-state index contributed by atoms with van der Waals surface area (Å²) in [5.41, 5.74) is -0.558. The predicted molar refractivity (Wildman–Crippen MR) is 86.6 cm³/mol. The van der Waals surface area contributed by atoms with Crippen LogP contribution in [-0.4, -0.2) is 36.4 Å². The van der Waals surface area contributed by atoms with Crippen LogP contribution in [0.5, 0.6) is 0 Å². The quantitative estimate of drug-likeness (QED) is 0.792. The fourth-order valence-corrected chi connectivity index (χ4v) is 2.72. The van der Waals surface area contributed by atoms with E-state index < -0.39 is 5.60 Å². The molecule has 2 atom stereocenters. The fraction of sp³-hybridized carbons (Fsp3) is 0.824. The molecule has 2 rings (SSSR count). The van der Waals surface area contributed by atoms with Crippen LogP contribution in [0.4, 0.5) is 4.79 Å². The summed E-state index contributed by atoms with van der Waals surface area (Å²) in [5, 5.41) is 6.53. The first kappa shape index (κ1) is 17.1. The summed E-state index contributed by atoms with van der Waals surface area (Å²) in [6.45, 7) is 9.19. The van der Waals surface area contributed by atoms with Crippen molar-refractivity contribution in [2.45, 2.75) is 70.6 Å². The highest BCUT2D eigenvalue weighted by atomic mass is 16.6. The Balaban J connectivity index is 1.80. The number of rotatable bonds is 6. The Morgan fingerprint density at radius 2 is 2.00 bits per heavy atom. The molecule has 1 heterocycles. The third-order valence-corrected chi connectivity index (χ3v) is 4.23. The number of carbonyl (C=O) groups excluding carboxylic acids is 1. The molecule has 1 aliphatic heterocycles. The predicted octanol–water partition coefficient (Wildman–Crippen LogP) is 2.96. The van der Waals surface area contributed by atoms with Gasteiger partial charge in [0, 0.05) is 18.6 Å². The number of amides is 1. The second-order valence-corrected chi connectivity index (χ2v) is 7.64. The van der Waals surface area contributed by atoms with Crippen LogP contribution in [0.3, 0.4) is 0 Å². The van der Waals surface area contributed by atoms with Crippen LogP contribution in [0.25, 0.3) is 0 Å². The summed E-state index contributed by atoms with van der Waals surface area (Å²) < 4.78 is 10.9. The molecule has 0 bridgehead atoms. The molecule has 1 aliphatic carbocycles. The van der Waals surface area contributed by atoms with Gasteiger partial charge in [-0.05, 0) is 65.4 Å². The van der Waals surface area contributed by atoms with E-state index >= 15 is 0 Å². The fourth-order valence-electron chi connectivity index (χ4n) is 2.72. The minimum Gasteiger partial charge on any atom is -0.497 e. The van der Waals surface area contributed by atoms with Crippen molar-refractivity contribution < 1.29 is 14.3 Å². The topological polar surface area (TPSA) is 59.6 Å². The zero-order valence-electron chi connectivity index (χ0n) is 14.3. The first-order valence-corrected chi connectivity index (χ1v) is 8.31. The van der Waals surface area contributed by atoms with Crippen molar-refractivity contribution in [3.8, 4) is 0 Å². The number of ether oxygens (including phenoxy) is 2. The normalized spacial score (nSPS) is 24.3. The monoisotopic (exact) mass is 310 g/mol. The zero-order valence-corrected chi connectivity index (χ0v) is 14.3. The standard InChI is InChI=1S/C17H30N2O3/c1-16(2,3)22-15(20)18-12-17(4,13-8-9-13)19-11-14-7-5-6-10-21-14/h6,10,13-14,19H,5,7-9,11-12H2,1-4H3,(H,18,20). The van der Waals surface area contributed by atoms with Gasteiger partial charge in [-0.3, -0.25) is 0 Å². The molecule has 1 fully saturated rings. The van der Waals surface area contributed by atoms with Crippen molar-refractivity contribution in [3.63, 3.8) is 0 Å². The molecular formula is C17H30N2O3. The highest BCUT2D eigenvalue weighted by Crippen LogP contribution is 2.39. The second-order valence-electron chi connectivity index (χ2n) is 7.64. The highest BCUT2D eigenvalue weighted by molar-refractivity contribution is 5.67. The summed E-state index contributed by atoms with van der Waals surface area (Å²) in [5.74, 6) is 0.613.